The van der Waals surface area contributed by atoms with Crippen LogP contribution in [0.2, 0.25) is 0 Å². The fourth-order valence-corrected chi connectivity index (χ4v) is 3.85. The Morgan fingerprint density at radius 1 is 1.07 bits per heavy atom. The maximum atomic E-state index is 12.6. The third kappa shape index (κ3) is 4.75. The zero-order chi connectivity index (χ0) is 20.1. The molecule has 0 fully saturated rings. The second-order valence-corrected chi connectivity index (χ2v) is 8.68. The lowest BCUT2D eigenvalue weighted by molar-refractivity contribution is -0.119. The van der Waals surface area contributed by atoms with E-state index >= 15 is 0 Å². The van der Waals surface area contributed by atoms with E-state index < -0.39 is 10.0 Å². The highest BCUT2D eigenvalue weighted by Gasteiger charge is 2.25. The average molecular weight is 404 g/mol. The number of carbonyl (C=O) groups is 1. The molecule has 1 aliphatic heterocycles. The van der Waals surface area contributed by atoms with Gasteiger partial charge in [0.2, 0.25) is 15.9 Å². The third-order valence-corrected chi connectivity index (χ3v) is 6.15. The minimum Gasteiger partial charge on any atom is -0.486 e. The lowest BCUT2D eigenvalue weighted by Gasteiger charge is -2.25. The van der Waals surface area contributed by atoms with Gasteiger partial charge >= 0.3 is 0 Å². The van der Waals surface area contributed by atoms with Crippen LogP contribution < -0.4 is 19.1 Å². The number of rotatable bonds is 7. The van der Waals surface area contributed by atoms with Gasteiger partial charge in [0.15, 0.2) is 11.5 Å². The molecule has 1 amide bonds. The molecular weight excluding hydrogens is 380 g/mol. The molecule has 0 aliphatic carbocycles. The molecule has 28 heavy (non-hydrogen) atoms. The van der Waals surface area contributed by atoms with Gasteiger partial charge in [-0.3, -0.25) is 9.10 Å². The van der Waals surface area contributed by atoms with E-state index in [0.717, 1.165) is 15.4 Å². The first-order chi connectivity index (χ1) is 13.4. The molecule has 0 saturated heterocycles. The summed E-state index contributed by atoms with van der Waals surface area (Å²) in [4.78, 5) is 12.4. The smallest absolute Gasteiger partial charge is 0.241 e. The van der Waals surface area contributed by atoms with E-state index in [1.54, 1.807) is 25.1 Å². The van der Waals surface area contributed by atoms with Gasteiger partial charge in [-0.1, -0.05) is 29.8 Å². The minimum absolute atomic E-state index is 0.118. The molecular formula is C20H24N2O5S. The van der Waals surface area contributed by atoms with Crippen LogP contribution in [0.5, 0.6) is 11.5 Å². The second kappa shape index (κ2) is 8.52. The minimum atomic E-state index is -3.65. The number of anilines is 1. The largest absolute Gasteiger partial charge is 0.486 e. The van der Waals surface area contributed by atoms with E-state index in [1.807, 2.05) is 31.2 Å². The van der Waals surface area contributed by atoms with Crippen LogP contribution in [0.15, 0.2) is 42.5 Å². The van der Waals surface area contributed by atoms with Crippen molar-refractivity contribution in [3.8, 4) is 11.5 Å². The molecule has 0 radical (unpaired) electrons. The van der Waals surface area contributed by atoms with Crippen LogP contribution in [-0.4, -0.2) is 39.8 Å². The first-order valence-corrected chi connectivity index (χ1v) is 10.7. The average Bonchev–Trinajstić information content (AvgIpc) is 2.71. The van der Waals surface area contributed by atoms with Gasteiger partial charge in [0, 0.05) is 12.6 Å². The van der Waals surface area contributed by atoms with Crippen LogP contribution in [0.25, 0.3) is 0 Å². The molecule has 2 aromatic carbocycles. The molecule has 0 unspecified atom stereocenters. The maximum Gasteiger partial charge on any atom is 0.241 e. The number of amides is 1. The van der Waals surface area contributed by atoms with Crippen molar-refractivity contribution in [2.45, 2.75) is 20.4 Å². The van der Waals surface area contributed by atoms with Gasteiger partial charge in [-0.05, 0) is 31.5 Å². The molecule has 8 heteroatoms. The number of fused-ring (bicyclic) bond motifs is 1. The van der Waals surface area contributed by atoms with Gasteiger partial charge in [0.05, 0.1) is 11.4 Å². The predicted octanol–water partition coefficient (Wildman–Crippen LogP) is 2.24. The third-order valence-electron chi connectivity index (χ3n) is 4.41. The highest BCUT2D eigenvalue weighted by molar-refractivity contribution is 7.92. The number of carbonyl (C=O) groups excluding carboxylic acids is 1. The first kappa shape index (κ1) is 20.0. The molecule has 150 valence electrons. The summed E-state index contributed by atoms with van der Waals surface area (Å²) in [6.45, 7) is 4.41. The summed E-state index contributed by atoms with van der Waals surface area (Å²) < 4.78 is 37.3. The number of hydrogen-bond donors (Lipinski definition) is 1. The van der Waals surface area contributed by atoms with Crippen molar-refractivity contribution in [2.24, 2.45) is 0 Å². The van der Waals surface area contributed by atoms with Gasteiger partial charge in [-0.15, -0.1) is 0 Å². The molecule has 1 heterocycles. The number of nitrogens with one attached hydrogen (secondary N) is 1. The fourth-order valence-electron chi connectivity index (χ4n) is 2.79. The Bertz CT molecular complexity index is 942. The Hall–Kier alpha value is -2.74. The molecule has 0 atom stereocenters. The monoisotopic (exact) mass is 404 g/mol. The van der Waals surface area contributed by atoms with Gasteiger partial charge < -0.3 is 14.8 Å². The maximum absolute atomic E-state index is 12.6. The van der Waals surface area contributed by atoms with Crippen molar-refractivity contribution >= 4 is 21.6 Å². The lowest BCUT2D eigenvalue weighted by atomic mass is 10.1. The van der Waals surface area contributed by atoms with Crippen LogP contribution in [0.1, 0.15) is 18.1 Å². The molecule has 0 aromatic heterocycles. The summed E-state index contributed by atoms with van der Waals surface area (Å²) in [5.41, 5.74) is 2.45. The Balaban J connectivity index is 1.75. The predicted molar refractivity (Wildman–Crippen MR) is 107 cm³/mol. The SMILES string of the molecule is CCS(=O)(=O)N(CC(=O)NCc1ccc(C)cc1)c1ccc2c(c1)OCCO2. The standard InChI is InChI=1S/C20H24N2O5S/c1-3-28(24,25)22(17-8-9-18-19(12-17)27-11-10-26-18)14-20(23)21-13-16-6-4-15(2)5-7-16/h4-9,12H,3,10-11,13-14H2,1-2H3,(H,21,23). The molecule has 1 N–H and O–H groups in total. The van der Waals surface area contributed by atoms with Crippen molar-refractivity contribution in [2.75, 3.05) is 29.8 Å². The van der Waals surface area contributed by atoms with Crippen molar-refractivity contribution < 1.29 is 22.7 Å². The highest BCUT2D eigenvalue weighted by atomic mass is 32.2. The molecule has 2 aromatic rings. The molecule has 0 bridgehead atoms. The van der Waals surface area contributed by atoms with E-state index in [-0.39, 0.29) is 18.2 Å². The Labute approximate surface area is 165 Å². The van der Waals surface area contributed by atoms with Crippen LogP contribution in [0, 0.1) is 6.92 Å². The topological polar surface area (TPSA) is 84.9 Å². The number of sulfonamides is 1. The highest BCUT2D eigenvalue weighted by Crippen LogP contribution is 2.34. The zero-order valence-corrected chi connectivity index (χ0v) is 16.8. The Kier molecular flexibility index (Phi) is 6.08. The summed E-state index contributed by atoms with van der Waals surface area (Å²) in [6, 6.07) is 12.7. The van der Waals surface area contributed by atoms with Crippen molar-refractivity contribution in [1.29, 1.82) is 0 Å². The van der Waals surface area contributed by atoms with Gasteiger partial charge in [-0.25, -0.2) is 8.42 Å². The van der Waals surface area contributed by atoms with Crippen LogP contribution in [-0.2, 0) is 21.4 Å². The van der Waals surface area contributed by atoms with Crippen LogP contribution in [0.3, 0.4) is 0 Å². The van der Waals surface area contributed by atoms with E-state index in [4.69, 9.17) is 9.47 Å². The normalized spacial score (nSPS) is 13.1. The fraction of sp³-hybridized carbons (Fsp3) is 0.350. The zero-order valence-electron chi connectivity index (χ0n) is 16.0. The van der Waals surface area contributed by atoms with E-state index in [9.17, 15) is 13.2 Å². The number of aryl methyl sites for hydroxylation is 1. The first-order valence-electron chi connectivity index (χ1n) is 9.11. The number of nitrogens with zero attached hydrogens (tertiary/aromatic N) is 1. The number of ether oxygens (including phenoxy) is 2. The van der Waals surface area contributed by atoms with Crippen LogP contribution in [0.4, 0.5) is 5.69 Å². The van der Waals surface area contributed by atoms with E-state index in [2.05, 4.69) is 5.32 Å². The summed E-state index contributed by atoms with van der Waals surface area (Å²) in [6.07, 6.45) is 0. The quantitative estimate of drug-likeness (QED) is 0.765. The van der Waals surface area contributed by atoms with Gasteiger partial charge in [0.1, 0.15) is 19.8 Å². The van der Waals surface area contributed by atoms with E-state index in [1.165, 1.54) is 0 Å². The van der Waals surface area contributed by atoms with E-state index in [0.29, 0.717) is 36.9 Å². The second-order valence-electron chi connectivity index (χ2n) is 6.50. The van der Waals surface area contributed by atoms with Crippen molar-refractivity contribution in [3.05, 3.63) is 53.6 Å². The molecule has 0 spiro atoms. The van der Waals surface area contributed by atoms with Crippen molar-refractivity contribution in [1.82, 2.24) is 5.32 Å². The molecule has 3 rings (SSSR count). The van der Waals surface area contributed by atoms with Crippen molar-refractivity contribution in [3.63, 3.8) is 0 Å². The summed E-state index contributed by atoms with van der Waals surface area (Å²) in [5.74, 6) is 0.535. The summed E-state index contributed by atoms with van der Waals surface area (Å²) in [5, 5.41) is 2.78. The molecule has 7 nitrogen and oxygen atoms in total. The lowest BCUT2D eigenvalue weighted by Crippen LogP contribution is -2.41. The van der Waals surface area contributed by atoms with Gasteiger partial charge in [-0.2, -0.15) is 0 Å². The Morgan fingerprint density at radius 2 is 1.75 bits per heavy atom. The van der Waals surface area contributed by atoms with Gasteiger partial charge in [0.25, 0.3) is 0 Å². The Morgan fingerprint density at radius 3 is 2.43 bits per heavy atom. The number of hydrogen-bond acceptors (Lipinski definition) is 5. The number of benzene rings is 2. The van der Waals surface area contributed by atoms with Crippen LogP contribution >= 0.6 is 0 Å². The summed E-state index contributed by atoms with van der Waals surface area (Å²) >= 11 is 0. The molecule has 0 saturated carbocycles. The summed E-state index contributed by atoms with van der Waals surface area (Å²) in [7, 11) is -3.65. The molecule has 1 aliphatic rings.